The first kappa shape index (κ1) is 13.0. The normalized spacial score (nSPS) is 5.92. The van der Waals surface area contributed by atoms with Crippen LogP contribution in [0.4, 0.5) is 0 Å². The molecule has 0 aliphatic heterocycles. The van der Waals surface area contributed by atoms with E-state index in [1.807, 2.05) is 13.8 Å². The van der Waals surface area contributed by atoms with E-state index in [2.05, 4.69) is 27.2 Å². The average Bonchev–Trinajstić information content (AvgIpc) is 2.05. The van der Waals surface area contributed by atoms with Crippen LogP contribution >= 0.6 is 0 Å². The Bertz CT molecular complexity index is 211. The van der Waals surface area contributed by atoms with Crippen molar-refractivity contribution >= 4 is 5.91 Å². The molecule has 0 unspecified atom stereocenters. The molecule has 0 aromatic heterocycles. The van der Waals surface area contributed by atoms with Crippen LogP contribution < -0.4 is 5.32 Å². The molecule has 0 radical (unpaired) electrons. The van der Waals surface area contributed by atoms with E-state index in [0.29, 0.717) is 0 Å². The Hall–Kier alpha value is -1.66. The van der Waals surface area contributed by atoms with Gasteiger partial charge in [-0.15, -0.1) is 11.8 Å². The lowest BCUT2D eigenvalue weighted by Gasteiger charge is -1.89. The van der Waals surface area contributed by atoms with Crippen LogP contribution in [0.5, 0.6) is 0 Å². The zero-order valence-electron chi connectivity index (χ0n) is 7.46. The molecule has 0 aliphatic rings. The van der Waals surface area contributed by atoms with Gasteiger partial charge in [0.15, 0.2) is 0 Å². The zero-order valence-corrected chi connectivity index (χ0v) is 7.46. The number of carbonyl (C=O) groups excluding carboxylic acids is 1. The van der Waals surface area contributed by atoms with Crippen LogP contribution in [-0.2, 0) is 4.79 Å². The van der Waals surface area contributed by atoms with Crippen molar-refractivity contribution in [3.8, 4) is 11.8 Å². The Morgan fingerprint density at radius 1 is 1.58 bits per heavy atom. The summed E-state index contributed by atoms with van der Waals surface area (Å²) in [6.45, 7) is 5.03. The summed E-state index contributed by atoms with van der Waals surface area (Å²) in [5.74, 6) is 5.16. The second kappa shape index (κ2) is 12.1. The molecule has 0 heterocycles. The van der Waals surface area contributed by atoms with Crippen LogP contribution in [0.15, 0.2) is 5.11 Å². The number of hydrogen-bond donors (Lipinski definition) is 1. The number of carbonyl (C=O) groups is 1. The predicted molar refractivity (Wildman–Crippen MR) is 47.0 cm³/mol. The number of hydrogen-bond acceptors (Lipinski definition) is 2. The van der Waals surface area contributed by atoms with Gasteiger partial charge in [0.2, 0.25) is 5.91 Å². The van der Waals surface area contributed by atoms with Crippen molar-refractivity contribution in [1.82, 2.24) is 5.32 Å². The highest BCUT2D eigenvalue weighted by atomic mass is 16.1. The Labute approximate surface area is 71.8 Å². The molecular formula is C7H12N4O. The van der Waals surface area contributed by atoms with E-state index in [0.717, 1.165) is 0 Å². The third-order valence-corrected chi connectivity index (χ3v) is 0.712. The summed E-state index contributed by atoms with van der Waals surface area (Å²) in [7, 11) is 0. The van der Waals surface area contributed by atoms with E-state index in [-0.39, 0.29) is 12.6 Å². The molecule has 5 nitrogen and oxygen atoms in total. The maximum atomic E-state index is 10.0. The Balaban J connectivity index is 0. The number of nitrogens with one attached hydrogen (secondary N) is 1. The molecular weight excluding hydrogens is 156 g/mol. The molecule has 0 spiro atoms. The first-order chi connectivity index (χ1) is 5.68. The van der Waals surface area contributed by atoms with Crippen molar-refractivity contribution in [1.29, 1.82) is 0 Å². The quantitative estimate of drug-likeness (QED) is 0.288. The van der Waals surface area contributed by atoms with E-state index >= 15 is 0 Å². The highest BCUT2D eigenvalue weighted by Crippen LogP contribution is 1.64. The smallest absolute Gasteiger partial charge is 0.216 e. The van der Waals surface area contributed by atoms with Gasteiger partial charge in [-0.3, -0.25) is 4.79 Å². The molecule has 0 fully saturated rings. The molecule has 1 N–H and O–H groups in total. The fourth-order valence-corrected chi connectivity index (χ4v) is 0.178. The van der Waals surface area contributed by atoms with Crippen LogP contribution in [0.1, 0.15) is 20.8 Å². The highest BCUT2D eigenvalue weighted by Gasteiger charge is 1.82. The predicted octanol–water partition coefficient (Wildman–Crippen LogP) is 1.42. The highest BCUT2D eigenvalue weighted by molar-refractivity contribution is 5.72. The fourth-order valence-electron chi connectivity index (χ4n) is 0.178. The monoisotopic (exact) mass is 168 g/mol. The lowest BCUT2D eigenvalue weighted by Crippen LogP contribution is -2.18. The minimum absolute atomic E-state index is 0.0336. The van der Waals surface area contributed by atoms with Gasteiger partial charge in [-0.2, -0.15) is 0 Å². The van der Waals surface area contributed by atoms with Crippen molar-refractivity contribution < 1.29 is 4.79 Å². The van der Waals surface area contributed by atoms with Crippen LogP contribution in [0.25, 0.3) is 10.4 Å². The molecule has 0 bridgehead atoms. The largest absolute Gasteiger partial charge is 0.350 e. The van der Waals surface area contributed by atoms with Gasteiger partial charge in [0, 0.05) is 11.8 Å². The summed E-state index contributed by atoms with van der Waals surface area (Å²) in [6.07, 6.45) is 0. The van der Waals surface area contributed by atoms with Crippen LogP contribution in [0.2, 0.25) is 0 Å². The molecule has 0 saturated heterocycles. The number of amides is 1. The van der Waals surface area contributed by atoms with Crippen molar-refractivity contribution in [2.45, 2.75) is 20.8 Å². The number of nitrogens with zero attached hydrogens (tertiary/aromatic N) is 3. The van der Waals surface area contributed by atoms with Gasteiger partial charge in [0.1, 0.15) is 0 Å². The van der Waals surface area contributed by atoms with E-state index in [1.165, 1.54) is 6.92 Å². The van der Waals surface area contributed by atoms with E-state index < -0.39 is 0 Å². The van der Waals surface area contributed by atoms with Crippen molar-refractivity contribution in [3.63, 3.8) is 0 Å². The first-order valence-corrected chi connectivity index (χ1v) is 3.27. The second-order valence-corrected chi connectivity index (χ2v) is 1.62. The van der Waals surface area contributed by atoms with Gasteiger partial charge >= 0.3 is 0 Å². The maximum absolute atomic E-state index is 10.0. The van der Waals surface area contributed by atoms with Crippen LogP contribution in [0.3, 0.4) is 0 Å². The topological polar surface area (TPSA) is 77.9 Å². The van der Waals surface area contributed by atoms with Gasteiger partial charge in [0.25, 0.3) is 0 Å². The molecule has 0 aromatic rings. The van der Waals surface area contributed by atoms with Gasteiger partial charge in [0.05, 0.1) is 6.67 Å². The van der Waals surface area contributed by atoms with E-state index in [9.17, 15) is 4.79 Å². The number of rotatable bonds is 2. The zero-order chi connectivity index (χ0) is 9.82. The molecule has 5 heteroatoms. The first-order valence-electron chi connectivity index (χ1n) is 3.27. The molecule has 0 aliphatic carbocycles. The van der Waals surface area contributed by atoms with E-state index in [1.54, 1.807) is 0 Å². The molecule has 0 atom stereocenters. The Morgan fingerprint density at radius 3 is 2.33 bits per heavy atom. The van der Waals surface area contributed by atoms with Gasteiger partial charge < -0.3 is 5.32 Å². The Kier molecular flexibility index (Phi) is 13.0. The van der Waals surface area contributed by atoms with Crippen molar-refractivity contribution in [3.05, 3.63) is 10.4 Å². The van der Waals surface area contributed by atoms with Gasteiger partial charge in [-0.1, -0.05) is 5.11 Å². The molecule has 66 valence electrons. The van der Waals surface area contributed by atoms with Crippen LogP contribution in [0, 0.1) is 11.8 Å². The molecule has 0 rings (SSSR count). The average molecular weight is 168 g/mol. The summed E-state index contributed by atoms with van der Waals surface area (Å²) >= 11 is 0. The third kappa shape index (κ3) is 23.9. The van der Waals surface area contributed by atoms with Crippen molar-refractivity contribution in [2.24, 2.45) is 5.11 Å². The third-order valence-electron chi connectivity index (χ3n) is 0.712. The summed E-state index contributed by atoms with van der Waals surface area (Å²) in [4.78, 5) is 12.4. The van der Waals surface area contributed by atoms with E-state index in [4.69, 9.17) is 5.53 Å². The standard InChI is InChI=1S/C4H6.C3H6N4O/c1-3-4-2;1-3(8)5-2-6-7-4/h1-2H3;2H2,1H3,(H,5,8). The summed E-state index contributed by atoms with van der Waals surface area (Å²) in [6, 6.07) is 0. The van der Waals surface area contributed by atoms with Crippen LogP contribution in [-0.4, -0.2) is 12.6 Å². The SMILES string of the molecule is CC#CC.CC(=O)NCN=[N+]=[N-]. The minimum atomic E-state index is -0.197. The number of azide groups is 1. The minimum Gasteiger partial charge on any atom is -0.350 e. The summed E-state index contributed by atoms with van der Waals surface area (Å²) in [5.41, 5.74) is 7.69. The summed E-state index contributed by atoms with van der Waals surface area (Å²) in [5, 5.41) is 5.35. The second-order valence-electron chi connectivity index (χ2n) is 1.62. The summed E-state index contributed by atoms with van der Waals surface area (Å²) < 4.78 is 0. The maximum Gasteiger partial charge on any atom is 0.216 e. The molecule has 0 aromatic carbocycles. The Morgan fingerprint density at radius 2 is 2.08 bits per heavy atom. The molecule has 0 saturated carbocycles. The molecule has 1 amide bonds. The lowest BCUT2D eigenvalue weighted by molar-refractivity contribution is -0.118. The lowest BCUT2D eigenvalue weighted by atomic mass is 10.7. The van der Waals surface area contributed by atoms with Crippen molar-refractivity contribution in [2.75, 3.05) is 6.67 Å². The van der Waals surface area contributed by atoms with Gasteiger partial charge in [-0.05, 0) is 19.4 Å². The molecule has 12 heavy (non-hydrogen) atoms. The fraction of sp³-hybridized carbons (Fsp3) is 0.571. The van der Waals surface area contributed by atoms with Gasteiger partial charge in [-0.25, -0.2) is 0 Å².